The van der Waals surface area contributed by atoms with Gasteiger partial charge in [-0.1, -0.05) is 11.3 Å². The van der Waals surface area contributed by atoms with Gasteiger partial charge in [-0.25, -0.2) is 4.98 Å². The van der Waals surface area contributed by atoms with Gasteiger partial charge in [0.05, 0.1) is 10.6 Å². The van der Waals surface area contributed by atoms with Crippen molar-refractivity contribution < 1.29 is 0 Å². The Morgan fingerprint density at radius 3 is 2.56 bits per heavy atom. The molecule has 1 aromatic heterocycles. The lowest BCUT2D eigenvalue weighted by molar-refractivity contribution is 0.853. The summed E-state index contributed by atoms with van der Waals surface area (Å²) in [5.41, 5.74) is 6.67. The SMILES string of the molecule is CCN(CC)c1nc(C2CC2)c(C(=N)N)s1. The van der Waals surface area contributed by atoms with Crippen molar-refractivity contribution in [1.29, 1.82) is 5.41 Å². The van der Waals surface area contributed by atoms with Gasteiger partial charge in [0.1, 0.15) is 5.84 Å². The average Bonchev–Trinajstić information content (AvgIpc) is 3.01. The van der Waals surface area contributed by atoms with E-state index in [1.165, 1.54) is 12.8 Å². The first-order valence-corrected chi connectivity index (χ1v) is 6.59. The van der Waals surface area contributed by atoms with Crippen LogP contribution in [-0.4, -0.2) is 23.9 Å². The highest BCUT2D eigenvalue weighted by Gasteiger charge is 2.31. The molecule has 1 heterocycles. The molecule has 0 bridgehead atoms. The van der Waals surface area contributed by atoms with Crippen molar-refractivity contribution in [2.24, 2.45) is 5.73 Å². The van der Waals surface area contributed by atoms with Gasteiger partial charge in [-0.15, -0.1) is 0 Å². The van der Waals surface area contributed by atoms with Gasteiger partial charge >= 0.3 is 0 Å². The smallest absolute Gasteiger partial charge is 0.186 e. The monoisotopic (exact) mass is 238 g/mol. The number of hydrogen-bond acceptors (Lipinski definition) is 4. The number of nitrogen functional groups attached to an aromatic ring is 1. The lowest BCUT2D eigenvalue weighted by Gasteiger charge is -2.16. The molecule has 0 spiro atoms. The van der Waals surface area contributed by atoms with Gasteiger partial charge in [-0.3, -0.25) is 5.41 Å². The molecule has 16 heavy (non-hydrogen) atoms. The average molecular weight is 238 g/mol. The van der Waals surface area contributed by atoms with E-state index < -0.39 is 0 Å². The number of amidine groups is 1. The van der Waals surface area contributed by atoms with Crippen LogP contribution >= 0.6 is 11.3 Å². The summed E-state index contributed by atoms with van der Waals surface area (Å²) in [5.74, 6) is 0.720. The first-order valence-electron chi connectivity index (χ1n) is 5.77. The summed E-state index contributed by atoms with van der Waals surface area (Å²) in [6, 6.07) is 0. The van der Waals surface area contributed by atoms with Crippen LogP contribution in [0.4, 0.5) is 5.13 Å². The third kappa shape index (κ3) is 2.04. The fraction of sp³-hybridized carbons (Fsp3) is 0.636. The maximum Gasteiger partial charge on any atom is 0.186 e. The molecule has 1 aliphatic rings. The van der Waals surface area contributed by atoms with Crippen molar-refractivity contribution in [1.82, 2.24) is 4.98 Å². The van der Waals surface area contributed by atoms with Crippen molar-refractivity contribution >= 4 is 22.3 Å². The molecule has 88 valence electrons. The first kappa shape index (κ1) is 11.4. The van der Waals surface area contributed by atoms with E-state index in [2.05, 4.69) is 23.7 Å². The quantitative estimate of drug-likeness (QED) is 0.610. The zero-order valence-corrected chi connectivity index (χ0v) is 10.6. The molecular weight excluding hydrogens is 220 g/mol. The maximum absolute atomic E-state index is 7.60. The third-order valence-electron chi connectivity index (χ3n) is 2.88. The van der Waals surface area contributed by atoms with Crippen LogP contribution in [0.3, 0.4) is 0 Å². The molecule has 4 nitrogen and oxygen atoms in total. The van der Waals surface area contributed by atoms with E-state index in [1.54, 1.807) is 11.3 Å². The van der Waals surface area contributed by atoms with E-state index in [1.807, 2.05) is 0 Å². The van der Waals surface area contributed by atoms with Crippen LogP contribution in [0.25, 0.3) is 0 Å². The molecule has 1 saturated carbocycles. The van der Waals surface area contributed by atoms with Gasteiger partial charge in [-0.2, -0.15) is 0 Å². The molecule has 3 N–H and O–H groups in total. The van der Waals surface area contributed by atoms with Crippen LogP contribution < -0.4 is 10.6 Å². The number of aromatic nitrogens is 1. The summed E-state index contributed by atoms with van der Waals surface area (Å²) in [4.78, 5) is 7.75. The van der Waals surface area contributed by atoms with Crippen molar-refractivity contribution in [3.8, 4) is 0 Å². The fourth-order valence-corrected chi connectivity index (χ4v) is 2.92. The minimum absolute atomic E-state index is 0.165. The zero-order valence-electron chi connectivity index (χ0n) is 9.79. The van der Waals surface area contributed by atoms with Crippen LogP contribution in [0.2, 0.25) is 0 Å². The number of nitrogens with two attached hydrogens (primary N) is 1. The number of nitrogens with zero attached hydrogens (tertiary/aromatic N) is 2. The van der Waals surface area contributed by atoms with E-state index in [4.69, 9.17) is 11.1 Å². The van der Waals surface area contributed by atoms with Gasteiger partial charge in [0, 0.05) is 19.0 Å². The number of nitrogens with one attached hydrogen (secondary N) is 1. The second-order valence-electron chi connectivity index (χ2n) is 4.07. The largest absolute Gasteiger partial charge is 0.383 e. The summed E-state index contributed by atoms with van der Waals surface area (Å²) in [5, 5.41) is 8.61. The number of hydrogen-bond donors (Lipinski definition) is 2. The van der Waals surface area contributed by atoms with Gasteiger partial charge in [0.25, 0.3) is 0 Å². The second-order valence-corrected chi connectivity index (χ2v) is 5.05. The molecule has 0 atom stereocenters. The molecule has 0 amide bonds. The fourth-order valence-electron chi connectivity index (χ4n) is 1.78. The summed E-state index contributed by atoms with van der Waals surface area (Å²) in [7, 11) is 0. The Labute approximate surface area is 100.0 Å². The molecule has 0 aliphatic heterocycles. The molecule has 2 rings (SSSR count). The van der Waals surface area contributed by atoms with Crippen LogP contribution in [0, 0.1) is 5.41 Å². The van der Waals surface area contributed by atoms with Gasteiger partial charge < -0.3 is 10.6 Å². The van der Waals surface area contributed by atoms with Crippen molar-refractivity contribution in [3.63, 3.8) is 0 Å². The van der Waals surface area contributed by atoms with E-state index in [-0.39, 0.29) is 5.84 Å². The van der Waals surface area contributed by atoms with E-state index in [0.717, 1.165) is 28.8 Å². The van der Waals surface area contributed by atoms with Gasteiger partial charge in [0.15, 0.2) is 5.13 Å². The summed E-state index contributed by atoms with van der Waals surface area (Å²) in [6.45, 7) is 6.14. The molecule has 0 aromatic carbocycles. The first-order chi connectivity index (χ1) is 7.67. The van der Waals surface area contributed by atoms with Gasteiger partial charge in [-0.05, 0) is 26.7 Å². The highest BCUT2D eigenvalue weighted by Crippen LogP contribution is 2.43. The highest BCUT2D eigenvalue weighted by atomic mass is 32.1. The number of anilines is 1. The van der Waals surface area contributed by atoms with E-state index >= 15 is 0 Å². The Bertz CT molecular complexity index is 391. The molecule has 0 saturated heterocycles. The topological polar surface area (TPSA) is 66.0 Å². The Morgan fingerprint density at radius 2 is 2.12 bits per heavy atom. The van der Waals surface area contributed by atoms with Crippen molar-refractivity contribution in [2.45, 2.75) is 32.6 Å². The minimum atomic E-state index is 0.165. The van der Waals surface area contributed by atoms with Crippen LogP contribution in [0.1, 0.15) is 43.2 Å². The molecular formula is C11H18N4S. The molecule has 0 radical (unpaired) electrons. The van der Waals surface area contributed by atoms with Crippen LogP contribution in [-0.2, 0) is 0 Å². The summed E-state index contributed by atoms with van der Waals surface area (Å²) < 4.78 is 0. The Balaban J connectivity index is 2.33. The number of rotatable bonds is 5. The predicted octanol–water partition coefficient (Wildman–Crippen LogP) is 2.15. The van der Waals surface area contributed by atoms with Crippen LogP contribution in [0.15, 0.2) is 0 Å². The molecule has 1 aromatic rings. The molecule has 0 unspecified atom stereocenters. The molecule has 1 fully saturated rings. The normalized spacial score (nSPS) is 15.1. The Morgan fingerprint density at radius 1 is 1.50 bits per heavy atom. The Kier molecular flexibility index (Phi) is 3.14. The summed E-state index contributed by atoms with van der Waals surface area (Å²) in [6.07, 6.45) is 2.39. The van der Waals surface area contributed by atoms with Gasteiger partial charge in [0.2, 0.25) is 0 Å². The van der Waals surface area contributed by atoms with Crippen LogP contribution in [0.5, 0.6) is 0 Å². The highest BCUT2D eigenvalue weighted by molar-refractivity contribution is 7.17. The predicted molar refractivity (Wildman–Crippen MR) is 68.7 cm³/mol. The van der Waals surface area contributed by atoms with Crippen molar-refractivity contribution in [3.05, 3.63) is 10.6 Å². The third-order valence-corrected chi connectivity index (χ3v) is 4.05. The van der Waals surface area contributed by atoms with Crippen molar-refractivity contribution in [2.75, 3.05) is 18.0 Å². The molecule has 1 aliphatic carbocycles. The number of thiazole rings is 1. The van der Waals surface area contributed by atoms with E-state index in [9.17, 15) is 0 Å². The maximum atomic E-state index is 7.60. The Hall–Kier alpha value is -1.10. The zero-order chi connectivity index (χ0) is 11.7. The van der Waals surface area contributed by atoms with E-state index in [0.29, 0.717) is 5.92 Å². The summed E-state index contributed by atoms with van der Waals surface area (Å²) >= 11 is 1.56. The second kappa shape index (κ2) is 4.41. The molecule has 5 heteroatoms. The minimum Gasteiger partial charge on any atom is -0.383 e. The lowest BCUT2D eigenvalue weighted by atomic mass is 10.2. The standard InChI is InChI=1S/C11H18N4S/c1-3-15(4-2)11-14-8(7-5-6-7)9(16-11)10(12)13/h7H,3-6H2,1-2H3,(H3,12,13). The lowest BCUT2D eigenvalue weighted by Crippen LogP contribution is -2.21.